The Labute approximate surface area is 140 Å². The van der Waals surface area contributed by atoms with Gasteiger partial charge in [0.25, 0.3) is 0 Å². The van der Waals surface area contributed by atoms with Crippen LogP contribution in [0, 0.1) is 5.82 Å². The van der Waals surface area contributed by atoms with E-state index in [1.807, 2.05) is 25.1 Å². The van der Waals surface area contributed by atoms with Crippen LogP contribution >= 0.6 is 0 Å². The van der Waals surface area contributed by atoms with Crippen molar-refractivity contribution in [2.45, 2.75) is 19.0 Å². The number of rotatable bonds is 4. The van der Waals surface area contributed by atoms with Crippen molar-refractivity contribution in [3.05, 3.63) is 48.0 Å². The SMILES string of the molecule is CN(C)[C@H]1CCN(C(=O)Nc2cnn(Cc3cccc(F)c3)c2)C1. The Morgan fingerprint density at radius 3 is 3.00 bits per heavy atom. The van der Waals surface area contributed by atoms with Crippen molar-refractivity contribution < 1.29 is 9.18 Å². The monoisotopic (exact) mass is 331 g/mol. The molecule has 2 heterocycles. The minimum atomic E-state index is -0.266. The summed E-state index contributed by atoms with van der Waals surface area (Å²) in [5.74, 6) is -0.266. The van der Waals surface area contributed by atoms with Gasteiger partial charge in [0.05, 0.1) is 18.4 Å². The van der Waals surface area contributed by atoms with Gasteiger partial charge < -0.3 is 15.1 Å². The predicted molar refractivity (Wildman–Crippen MR) is 90.4 cm³/mol. The van der Waals surface area contributed by atoms with Gasteiger partial charge in [-0.05, 0) is 38.2 Å². The lowest BCUT2D eigenvalue weighted by molar-refractivity contribution is 0.216. The summed E-state index contributed by atoms with van der Waals surface area (Å²) in [6, 6.07) is 6.71. The fourth-order valence-electron chi connectivity index (χ4n) is 2.89. The average molecular weight is 331 g/mol. The molecule has 0 radical (unpaired) electrons. The van der Waals surface area contributed by atoms with E-state index in [0.29, 0.717) is 18.3 Å². The highest BCUT2D eigenvalue weighted by Crippen LogP contribution is 2.15. The third-order valence-corrected chi connectivity index (χ3v) is 4.30. The molecule has 1 atom stereocenters. The standard InChI is InChI=1S/C17H22FN5O/c1-21(2)16-6-7-22(12-16)17(24)20-15-9-19-23(11-15)10-13-4-3-5-14(18)8-13/h3-5,8-9,11,16H,6-7,10,12H2,1-2H3,(H,20,24)/t16-/m0/s1. The second kappa shape index (κ2) is 7.00. The van der Waals surface area contributed by atoms with E-state index in [1.165, 1.54) is 12.1 Å². The van der Waals surface area contributed by atoms with E-state index in [4.69, 9.17) is 0 Å². The molecular weight excluding hydrogens is 309 g/mol. The first-order valence-corrected chi connectivity index (χ1v) is 8.00. The molecule has 1 aliphatic rings. The summed E-state index contributed by atoms with van der Waals surface area (Å²) in [7, 11) is 4.06. The van der Waals surface area contributed by atoms with Crippen molar-refractivity contribution >= 4 is 11.7 Å². The average Bonchev–Trinajstić information content (AvgIpc) is 3.17. The molecule has 3 rings (SSSR count). The molecule has 128 valence electrons. The van der Waals surface area contributed by atoms with Crippen LogP contribution in [0.2, 0.25) is 0 Å². The van der Waals surface area contributed by atoms with Gasteiger partial charge in [0.15, 0.2) is 0 Å². The molecule has 1 fully saturated rings. The summed E-state index contributed by atoms with van der Waals surface area (Å²) in [6.07, 6.45) is 4.35. The molecule has 2 aromatic rings. The molecule has 1 aromatic heterocycles. The van der Waals surface area contributed by atoms with E-state index in [1.54, 1.807) is 23.1 Å². The molecule has 1 N–H and O–H groups in total. The minimum Gasteiger partial charge on any atom is -0.323 e. The predicted octanol–water partition coefficient (Wildman–Crippen LogP) is 2.24. The molecule has 1 saturated heterocycles. The van der Waals surface area contributed by atoms with Crippen LogP contribution in [0.3, 0.4) is 0 Å². The van der Waals surface area contributed by atoms with Gasteiger partial charge in [0.1, 0.15) is 5.82 Å². The summed E-state index contributed by atoms with van der Waals surface area (Å²) in [5.41, 5.74) is 1.47. The first-order valence-electron chi connectivity index (χ1n) is 8.00. The Kier molecular flexibility index (Phi) is 4.80. The Balaban J connectivity index is 1.57. The van der Waals surface area contributed by atoms with Gasteiger partial charge in [-0.15, -0.1) is 0 Å². The molecule has 6 nitrogen and oxygen atoms in total. The van der Waals surface area contributed by atoms with Crippen LogP contribution in [-0.4, -0.2) is 58.8 Å². The Bertz CT molecular complexity index is 715. The van der Waals surface area contributed by atoms with Crippen LogP contribution in [0.4, 0.5) is 14.9 Å². The van der Waals surface area contributed by atoms with Crippen LogP contribution in [-0.2, 0) is 6.54 Å². The summed E-state index contributed by atoms with van der Waals surface area (Å²) in [4.78, 5) is 16.3. The highest BCUT2D eigenvalue weighted by atomic mass is 19.1. The Morgan fingerprint density at radius 2 is 2.29 bits per heavy atom. The number of likely N-dealkylation sites (N-methyl/N-ethyl adjacent to an activating group) is 1. The smallest absolute Gasteiger partial charge is 0.321 e. The van der Waals surface area contributed by atoms with E-state index in [-0.39, 0.29) is 11.8 Å². The fourth-order valence-corrected chi connectivity index (χ4v) is 2.89. The first kappa shape index (κ1) is 16.4. The number of carbonyl (C=O) groups excluding carboxylic acids is 1. The minimum absolute atomic E-state index is 0.107. The second-order valence-corrected chi connectivity index (χ2v) is 6.34. The highest BCUT2D eigenvalue weighted by molar-refractivity contribution is 5.89. The quantitative estimate of drug-likeness (QED) is 0.935. The van der Waals surface area contributed by atoms with Crippen LogP contribution in [0.1, 0.15) is 12.0 Å². The number of aromatic nitrogens is 2. The number of likely N-dealkylation sites (tertiary alicyclic amines) is 1. The first-order chi connectivity index (χ1) is 11.5. The molecule has 0 saturated carbocycles. The number of nitrogens with zero attached hydrogens (tertiary/aromatic N) is 4. The summed E-state index contributed by atoms with van der Waals surface area (Å²) in [5, 5.41) is 7.09. The van der Waals surface area contributed by atoms with Gasteiger partial charge in [-0.25, -0.2) is 9.18 Å². The summed E-state index contributed by atoms with van der Waals surface area (Å²) >= 11 is 0. The van der Waals surface area contributed by atoms with Crippen LogP contribution < -0.4 is 5.32 Å². The van der Waals surface area contributed by atoms with E-state index in [0.717, 1.165) is 25.1 Å². The van der Waals surface area contributed by atoms with Crippen molar-refractivity contribution in [3.8, 4) is 0 Å². The van der Waals surface area contributed by atoms with Gasteiger partial charge in [-0.1, -0.05) is 12.1 Å². The molecule has 0 bridgehead atoms. The maximum atomic E-state index is 13.2. The van der Waals surface area contributed by atoms with Crippen molar-refractivity contribution in [3.63, 3.8) is 0 Å². The molecule has 2 amide bonds. The number of halogens is 1. The summed E-state index contributed by atoms with van der Waals surface area (Å²) in [6.45, 7) is 1.95. The van der Waals surface area contributed by atoms with E-state index >= 15 is 0 Å². The second-order valence-electron chi connectivity index (χ2n) is 6.34. The van der Waals surface area contributed by atoms with Crippen molar-refractivity contribution in [2.75, 3.05) is 32.5 Å². The zero-order valence-corrected chi connectivity index (χ0v) is 13.9. The van der Waals surface area contributed by atoms with Crippen LogP contribution in [0.15, 0.2) is 36.7 Å². The van der Waals surface area contributed by atoms with Gasteiger partial charge >= 0.3 is 6.03 Å². The zero-order valence-electron chi connectivity index (χ0n) is 13.9. The van der Waals surface area contributed by atoms with Gasteiger partial charge in [-0.3, -0.25) is 4.68 Å². The fraction of sp³-hybridized carbons (Fsp3) is 0.412. The molecule has 1 aromatic carbocycles. The third kappa shape index (κ3) is 3.91. The number of urea groups is 1. The van der Waals surface area contributed by atoms with Crippen molar-refractivity contribution in [1.29, 1.82) is 0 Å². The normalized spacial score (nSPS) is 17.5. The molecule has 0 unspecified atom stereocenters. The lowest BCUT2D eigenvalue weighted by Crippen LogP contribution is -2.36. The number of nitrogens with one attached hydrogen (secondary N) is 1. The van der Waals surface area contributed by atoms with Crippen molar-refractivity contribution in [2.24, 2.45) is 0 Å². The molecule has 0 spiro atoms. The van der Waals surface area contributed by atoms with Crippen LogP contribution in [0.25, 0.3) is 0 Å². The van der Waals surface area contributed by atoms with E-state index in [2.05, 4.69) is 15.3 Å². The molecule has 0 aliphatic carbocycles. The number of hydrogen-bond acceptors (Lipinski definition) is 3. The molecule has 1 aliphatic heterocycles. The molecule has 24 heavy (non-hydrogen) atoms. The lowest BCUT2D eigenvalue weighted by atomic mass is 10.2. The molecule has 7 heteroatoms. The topological polar surface area (TPSA) is 53.4 Å². The highest BCUT2D eigenvalue weighted by Gasteiger charge is 2.27. The Morgan fingerprint density at radius 1 is 1.46 bits per heavy atom. The third-order valence-electron chi connectivity index (χ3n) is 4.30. The van der Waals surface area contributed by atoms with Crippen LogP contribution in [0.5, 0.6) is 0 Å². The number of hydrogen-bond donors (Lipinski definition) is 1. The van der Waals surface area contributed by atoms with Gasteiger partial charge in [0.2, 0.25) is 0 Å². The zero-order chi connectivity index (χ0) is 17.1. The number of anilines is 1. The lowest BCUT2D eigenvalue weighted by Gasteiger charge is -2.20. The van der Waals surface area contributed by atoms with E-state index in [9.17, 15) is 9.18 Å². The van der Waals surface area contributed by atoms with E-state index < -0.39 is 0 Å². The van der Waals surface area contributed by atoms with Crippen molar-refractivity contribution in [1.82, 2.24) is 19.6 Å². The number of amides is 2. The summed E-state index contributed by atoms with van der Waals surface area (Å²) < 4.78 is 14.9. The maximum absolute atomic E-state index is 13.2. The van der Waals surface area contributed by atoms with Gasteiger partial charge in [0, 0.05) is 25.3 Å². The number of benzene rings is 1. The molecular formula is C17H22FN5O. The van der Waals surface area contributed by atoms with Gasteiger partial charge in [-0.2, -0.15) is 5.10 Å². The Hall–Kier alpha value is -2.41. The maximum Gasteiger partial charge on any atom is 0.321 e. The largest absolute Gasteiger partial charge is 0.323 e. The number of carbonyl (C=O) groups is 1.